The summed E-state index contributed by atoms with van der Waals surface area (Å²) in [4.78, 5) is 4.45. The summed E-state index contributed by atoms with van der Waals surface area (Å²) in [6.07, 6.45) is 1.59. The van der Waals surface area contributed by atoms with E-state index in [1.807, 2.05) is 36.4 Å². The van der Waals surface area contributed by atoms with E-state index in [1.165, 1.54) is 5.56 Å². The van der Waals surface area contributed by atoms with Crippen LogP contribution in [0.1, 0.15) is 26.3 Å². The van der Waals surface area contributed by atoms with Crippen LogP contribution < -0.4 is 10.6 Å². The summed E-state index contributed by atoms with van der Waals surface area (Å²) in [5.74, 6) is 1.08. The third kappa shape index (κ3) is 4.76. The zero-order chi connectivity index (χ0) is 17.9. The van der Waals surface area contributed by atoms with Crippen molar-refractivity contribution in [2.24, 2.45) is 0 Å². The highest BCUT2D eigenvalue weighted by atomic mass is 79.9. The number of nitrogens with one attached hydrogen (secondary N) is 2. The molecule has 1 aromatic heterocycles. The topological polar surface area (TPSA) is 62.7 Å². The molecule has 0 aliphatic carbocycles. The second kappa shape index (κ2) is 7.19. The zero-order valence-corrected chi connectivity index (χ0v) is 16.0. The van der Waals surface area contributed by atoms with Gasteiger partial charge in [0.2, 0.25) is 5.95 Å². The van der Waals surface area contributed by atoms with Crippen LogP contribution in [0.15, 0.2) is 59.2 Å². The van der Waals surface area contributed by atoms with Gasteiger partial charge in [-0.25, -0.2) is 0 Å². The number of benzene rings is 2. The normalized spacial score (nSPS) is 11.2. The third-order valence-corrected chi connectivity index (χ3v) is 4.21. The van der Waals surface area contributed by atoms with Crippen LogP contribution in [0.4, 0.5) is 23.1 Å². The molecule has 2 N–H and O–H groups in total. The van der Waals surface area contributed by atoms with Crippen molar-refractivity contribution in [2.45, 2.75) is 26.2 Å². The van der Waals surface area contributed by atoms with Gasteiger partial charge in [-0.05, 0) is 47.4 Å². The smallest absolute Gasteiger partial charge is 0.249 e. The van der Waals surface area contributed by atoms with E-state index in [9.17, 15) is 0 Å². The molecule has 0 bridgehead atoms. The number of nitrogens with zero attached hydrogens (tertiary/aromatic N) is 3. The van der Waals surface area contributed by atoms with E-state index in [-0.39, 0.29) is 5.41 Å². The van der Waals surface area contributed by atoms with Gasteiger partial charge in [0.25, 0.3) is 0 Å². The van der Waals surface area contributed by atoms with Gasteiger partial charge >= 0.3 is 0 Å². The summed E-state index contributed by atoms with van der Waals surface area (Å²) < 4.78 is 1.03. The summed E-state index contributed by atoms with van der Waals surface area (Å²) in [7, 11) is 0. The van der Waals surface area contributed by atoms with Crippen molar-refractivity contribution in [3.8, 4) is 0 Å². The first-order valence-electron chi connectivity index (χ1n) is 8.00. The summed E-state index contributed by atoms with van der Waals surface area (Å²) in [5.41, 5.74) is 3.27. The van der Waals surface area contributed by atoms with Crippen LogP contribution in [0.2, 0.25) is 0 Å². The lowest BCUT2D eigenvalue weighted by Gasteiger charge is -2.19. The molecule has 0 fully saturated rings. The Kier molecular flexibility index (Phi) is 4.99. The van der Waals surface area contributed by atoms with Crippen molar-refractivity contribution in [2.75, 3.05) is 10.6 Å². The lowest BCUT2D eigenvalue weighted by Crippen LogP contribution is -2.10. The van der Waals surface area contributed by atoms with Gasteiger partial charge in [-0.2, -0.15) is 10.1 Å². The van der Waals surface area contributed by atoms with Crippen LogP contribution in [-0.4, -0.2) is 15.2 Å². The van der Waals surface area contributed by atoms with E-state index in [2.05, 4.69) is 74.6 Å². The van der Waals surface area contributed by atoms with Crippen molar-refractivity contribution in [1.29, 1.82) is 0 Å². The molecule has 0 amide bonds. The fraction of sp³-hybridized carbons (Fsp3) is 0.211. The highest BCUT2D eigenvalue weighted by Crippen LogP contribution is 2.24. The summed E-state index contributed by atoms with van der Waals surface area (Å²) in [6, 6.07) is 16.1. The van der Waals surface area contributed by atoms with E-state index in [0.717, 1.165) is 15.8 Å². The van der Waals surface area contributed by atoms with E-state index < -0.39 is 0 Å². The van der Waals surface area contributed by atoms with Crippen LogP contribution in [0, 0.1) is 0 Å². The number of aromatic nitrogens is 3. The summed E-state index contributed by atoms with van der Waals surface area (Å²) >= 11 is 3.42. The van der Waals surface area contributed by atoms with Gasteiger partial charge in [0.05, 0.1) is 6.20 Å². The monoisotopic (exact) mass is 397 g/mol. The highest BCUT2D eigenvalue weighted by Gasteiger charge is 2.13. The maximum atomic E-state index is 4.45. The van der Waals surface area contributed by atoms with Crippen LogP contribution in [-0.2, 0) is 5.41 Å². The van der Waals surface area contributed by atoms with E-state index in [4.69, 9.17) is 0 Å². The lowest BCUT2D eigenvalue weighted by atomic mass is 9.87. The predicted octanol–water partition coefficient (Wildman–Crippen LogP) is 5.42. The molecule has 0 unspecified atom stereocenters. The average Bonchev–Trinajstić information content (AvgIpc) is 2.57. The Morgan fingerprint density at radius 2 is 1.44 bits per heavy atom. The summed E-state index contributed by atoms with van der Waals surface area (Å²) in [5, 5.41) is 14.4. The Labute approximate surface area is 156 Å². The number of hydrogen-bond donors (Lipinski definition) is 2. The molecule has 0 atom stereocenters. The van der Waals surface area contributed by atoms with Gasteiger partial charge < -0.3 is 10.6 Å². The third-order valence-electron chi connectivity index (χ3n) is 3.68. The first-order valence-corrected chi connectivity index (χ1v) is 8.79. The fourth-order valence-electron chi connectivity index (χ4n) is 2.28. The largest absolute Gasteiger partial charge is 0.339 e. The Morgan fingerprint density at radius 3 is 2.08 bits per heavy atom. The Hall–Kier alpha value is -2.47. The molecule has 0 radical (unpaired) electrons. The van der Waals surface area contributed by atoms with Gasteiger partial charge in [0.15, 0.2) is 5.82 Å². The molecule has 2 aromatic carbocycles. The molecular weight excluding hydrogens is 378 g/mol. The van der Waals surface area contributed by atoms with Crippen molar-refractivity contribution in [3.05, 3.63) is 64.8 Å². The van der Waals surface area contributed by atoms with E-state index in [0.29, 0.717) is 11.8 Å². The van der Waals surface area contributed by atoms with Crippen LogP contribution in [0.3, 0.4) is 0 Å². The zero-order valence-electron chi connectivity index (χ0n) is 14.4. The highest BCUT2D eigenvalue weighted by molar-refractivity contribution is 9.10. The molecule has 0 spiro atoms. The molecule has 0 aliphatic heterocycles. The molecule has 1 heterocycles. The van der Waals surface area contributed by atoms with E-state index in [1.54, 1.807) is 6.20 Å². The van der Waals surface area contributed by atoms with Gasteiger partial charge in [-0.3, -0.25) is 0 Å². The number of rotatable bonds is 4. The second-order valence-electron chi connectivity index (χ2n) is 6.75. The number of anilines is 4. The lowest BCUT2D eigenvalue weighted by molar-refractivity contribution is 0.590. The van der Waals surface area contributed by atoms with E-state index >= 15 is 0 Å². The standard InChI is InChI=1S/C19H20BrN5/c1-19(2,3)13-4-8-16(9-5-13)23-18-24-17(12-21-25-18)22-15-10-6-14(20)7-11-15/h4-12H,1-3H3,(H2,22,23,24,25). The Bertz CT molecular complexity index is 839. The number of halogens is 1. The molecule has 3 rings (SSSR count). The van der Waals surface area contributed by atoms with Gasteiger partial charge in [-0.15, -0.1) is 5.10 Å². The minimum absolute atomic E-state index is 0.130. The first-order chi connectivity index (χ1) is 11.9. The first kappa shape index (κ1) is 17.4. The van der Waals surface area contributed by atoms with Gasteiger partial charge in [-0.1, -0.05) is 48.8 Å². The minimum atomic E-state index is 0.130. The van der Waals surface area contributed by atoms with Gasteiger partial charge in [0.1, 0.15) is 0 Å². The molecule has 0 saturated carbocycles. The predicted molar refractivity (Wildman–Crippen MR) is 106 cm³/mol. The molecule has 128 valence electrons. The van der Waals surface area contributed by atoms with Crippen LogP contribution >= 0.6 is 15.9 Å². The van der Waals surface area contributed by atoms with Crippen LogP contribution in [0.25, 0.3) is 0 Å². The maximum absolute atomic E-state index is 4.45. The molecule has 5 nitrogen and oxygen atoms in total. The average molecular weight is 398 g/mol. The van der Waals surface area contributed by atoms with Crippen molar-refractivity contribution in [3.63, 3.8) is 0 Å². The summed E-state index contributed by atoms with van der Waals surface area (Å²) in [6.45, 7) is 6.58. The van der Waals surface area contributed by atoms with Crippen molar-refractivity contribution < 1.29 is 0 Å². The van der Waals surface area contributed by atoms with Gasteiger partial charge in [0, 0.05) is 15.8 Å². The Balaban J connectivity index is 1.72. The van der Waals surface area contributed by atoms with Crippen molar-refractivity contribution >= 4 is 39.1 Å². The molecule has 6 heteroatoms. The molecule has 0 saturated heterocycles. The molecule has 0 aliphatic rings. The fourth-order valence-corrected chi connectivity index (χ4v) is 2.54. The molecular formula is C19H20BrN5. The Morgan fingerprint density at radius 1 is 0.840 bits per heavy atom. The quantitative estimate of drug-likeness (QED) is 0.615. The molecule has 3 aromatic rings. The second-order valence-corrected chi connectivity index (χ2v) is 7.67. The molecule has 25 heavy (non-hydrogen) atoms. The number of hydrogen-bond acceptors (Lipinski definition) is 5. The van der Waals surface area contributed by atoms with Crippen molar-refractivity contribution in [1.82, 2.24) is 15.2 Å². The van der Waals surface area contributed by atoms with Crippen LogP contribution in [0.5, 0.6) is 0 Å². The SMILES string of the molecule is CC(C)(C)c1ccc(Nc2nncc(Nc3ccc(Br)cc3)n2)cc1. The maximum Gasteiger partial charge on any atom is 0.249 e. The minimum Gasteiger partial charge on any atom is -0.339 e.